The molecule has 0 amide bonds. The summed E-state index contributed by atoms with van der Waals surface area (Å²) in [7, 11) is -3.19. The highest BCUT2D eigenvalue weighted by Crippen LogP contribution is 2.18. The molecule has 0 bridgehead atoms. The Kier molecular flexibility index (Phi) is 3.72. The standard InChI is InChI=1S/C11H14N2O5S/c1-19(16,17)13-5-4-9(7-13)18-10-3-2-8(6-12-10)11(14)15/h2-3,6,9H,4-5,7H2,1H3,(H,14,15)/t9-/m0/s1. The van der Waals surface area contributed by atoms with Crippen molar-refractivity contribution in [2.24, 2.45) is 0 Å². The van der Waals surface area contributed by atoms with Gasteiger partial charge in [0.05, 0.1) is 18.4 Å². The fourth-order valence-electron chi connectivity index (χ4n) is 1.84. The Morgan fingerprint density at radius 3 is 2.74 bits per heavy atom. The van der Waals surface area contributed by atoms with Gasteiger partial charge in [-0.25, -0.2) is 18.2 Å². The number of carboxylic acid groups (broad SMARTS) is 1. The van der Waals surface area contributed by atoms with Gasteiger partial charge in [0.25, 0.3) is 0 Å². The minimum atomic E-state index is -3.19. The lowest BCUT2D eigenvalue weighted by Gasteiger charge is -2.14. The van der Waals surface area contributed by atoms with Crippen LogP contribution in [0.25, 0.3) is 0 Å². The molecule has 1 saturated heterocycles. The molecule has 1 aromatic heterocycles. The molecule has 0 unspecified atom stereocenters. The summed E-state index contributed by atoms with van der Waals surface area (Å²) >= 11 is 0. The van der Waals surface area contributed by atoms with Crippen LogP contribution < -0.4 is 4.74 Å². The molecule has 2 rings (SSSR count). The Labute approximate surface area is 110 Å². The number of sulfonamides is 1. The summed E-state index contributed by atoms with van der Waals surface area (Å²) in [5, 5.41) is 8.73. The van der Waals surface area contributed by atoms with Gasteiger partial charge in [0.1, 0.15) is 6.10 Å². The molecule has 104 valence electrons. The lowest BCUT2D eigenvalue weighted by molar-refractivity contribution is 0.0696. The summed E-state index contributed by atoms with van der Waals surface area (Å²) in [6, 6.07) is 2.86. The van der Waals surface area contributed by atoms with Gasteiger partial charge >= 0.3 is 5.97 Å². The first-order valence-corrected chi connectivity index (χ1v) is 7.52. The zero-order valence-electron chi connectivity index (χ0n) is 10.3. The Morgan fingerprint density at radius 1 is 1.53 bits per heavy atom. The molecule has 1 aliphatic heterocycles. The average Bonchev–Trinajstić information content (AvgIpc) is 2.78. The van der Waals surface area contributed by atoms with Crippen LogP contribution in [0.4, 0.5) is 0 Å². The van der Waals surface area contributed by atoms with Crippen LogP contribution >= 0.6 is 0 Å². The molecule has 0 spiro atoms. The topological polar surface area (TPSA) is 96.8 Å². The molecule has 1 fully saturated rings. The highest BCUT2D eigenvalue weighted by atomic mass is 32.2. The molecule has 1 aliphatic rings. The van der Waals surface area contributed by atoms with Crippen LogP contribution in [-0.2, 0) is 10.0 Å². The monoisotopic (exact) mass is 286 g/mol. The minimum absolute atomic E-state index is 0.0801. The maximum absolute atomic E-state index is 11.3. The van der Waals surface area contributed by atoms with Gasteiger partial charge in [0, 0.05) is 18.8 Å². The fourth-order valence-corrected chi connectivity index (χ4v) is 2.72. The van der Waals surface area contributed by atoms with Crippen LogP contribution in [0.5, 0.6) is 5.88 Å². The van der Waals surface area contributed by atoms with E-state index in [-0.39, 0.29) is 11.7 Å². The predicted molar refractivity (Wildman–Crippen MR) is 66.6 cm³/mol. The number of nitrogens with zero attached hydrogens (tertiary/aromatic N) is 2. The van der Waals surface area contributed by atoms with Crippen LogP contribution in [0.1, 0.15) is 16.8 Å². The lowest BCUT2D eigenvalue weighted by Crippen LogP contribution is -2.30. The van der Waals surface area contributed by atoms with Gasteiger partial charge in [-0.15, -0.1) is 0 Å². The normalized spacial score (nSPS) is 20.4. The number of rotatable bonds is 4. The molecule has 1 aromatic rings. The van der Waals surface area contributed by atoms with E-state index in [1.807, 2.05) is 0 Å². The van der Waals surface area contributed by atoms with Gasteiger partial charge in [0.2, 0.25) is 15.9 Å². The molecule has 19 heavy (non-hydrogen) atoms. The second-order valence-electron chi connectivity index (χ2n) is 4.34. The number of ether oxygens (including phenoxy) is 1. The van der Waals surface area contributed by atoms with Gasteiger partial charge in [-0.3, -0.25) is 0 Å². The summed E-state index contributed by atoms with van der Waals surface area (Å²) in [5.74, 6) is -0.756. The van der Waals surface area contributed by atoms with Crippen molar-refractivity contribution in [3.05, 3.63) is 23.9 Å². The van der Waals surface area contributed by atoms with E-state index in [9.17, 15) is 13.2 Å². The molecule has 0 saturated carbocycles. The highest BCUT2D eigenvalue weighted by Gasteiger charge is 2.30. The van der Waals surface area contributed by atoms with Gasteiger partial charge in [-0.05, 0) is 12.5 Å². The van der Waals surface area contributed by atoms with Crippen molar-refractivity contribution in [2.75, 3.05) is 19.3 Å². The molecule has 1 N–H and O–H groups in total. The Morgan fingerprint density at radius 2 is 2.26 bits per heavy atom. The van der Waals surface area contributed by atoms with E-state index in [1.54, 1.807) is 0 Å². The molecule has 8 heteroatoms. The third-order valence-corrected chi connectivity index (χ3v) is 4.12. The van der Waals surface area contributed by atoms with E-state index < -0.39 is 16.0 Å². The first-order chi connectivity index (χ1) is 8.86. The first-order valence-electron chi connectivity index (χ1n) is 5.67. The third-order valence-electron chi connectivity index (χ3n) is 2.85. The molecule has 7 nitrogen and oxygen atoms in total. The molecule has 0 aromatic carbocycles. The zero-order chi connectivity index (χ0) is 14.0. The van der Waals surface area contributed by atoms with Crippen LogP contribution in [0, 0.1) is 0 Å². The van der Waals surface area contributed by atoms with E-state index in [4.69, 9.17) is 9.84 Å². The maximum Gasteiger partial charge on any atom is 0.337 e. The predicted octanol–water partition coefficient (Wildman–Crippen LogP) is 0.192. The molecule has 2 heterocycles. The van der Waals surface area contributed by atoms with Crippen LogP contribution in [-0.4, -0.2) is 54.2 Å². The number of aromatic nitrogens is 1. The second-order valence-corrected chi connectivity index (χ2v) is 6.32. The first kappa shape index (κ1) is 13.8. The number of carboxylic acids is 1. The van der Waals surface area contributed by atoms with Crippen molar-refractivity contribution in [3.63, 3.8) is 0 Å². The average molecular weight is 286 g/mol. The summed E-state index contributed by atoms with van der Waals surface area (Å²) in [6.45, 7) is 0.720. The van der Waals surface area contributed by atoms with Crippen molar-refractivity contribution < 1.29 is 23.1 Å². The van der Waals surface area contributed by atoms with E-state index in [0.717, 1.165) is 6.26 Å². The smallest absolute Gasteiger partial charge is 0.337 e. The molecular formula is C11H14N2O5S. The summed E-state index contributed by atoms with van der Waals surface area (Å²) in [6.07, 6.45) is 2.71. The molecule has 0 aliphatic carbocycles. The van der Waals surface area contributed by atoms with Gasteiger partial charge in [-0.1, -0.05) is 0 Å². The highest BCUT2D eigenvalue weighted by molar-refractivity contribution is 7.88. The summed E-state index contributed by atoms with van der Waals surface area (Å²) < 4.78 is 29.6. The quantitative estimate of drug-likeness (QED) is 0.848. The van der Waals surface area contributed by atoms with Crippen LogP contribution in [0.3, 0.4) is 0 Å². The maximum atomic E-state index is 11.3. The van der Waals surface area contributed by atoms with E-state index in [2.05, 4.69) is 4.98 Å². The number of pyridine rings is 1. The van der Waals surface area contributed by atoms with Crippen molar-refractivity contribution in [1.29, 1.82) is 0 Å². The van der Waals surface area contributed by atoms with Crippen LogP contribution in [0.2, 0.25) is 0 Å². The van der Waals surface area contributed by atoms with Gasteiger partial charge < -0.3 is 9.84 Å². The number of hydrogen-bond donors (Lipinski definition) is 1. The zero-order valence-corrected chi connectivity index (χ0v) is 11.1. The Bertz CT molecular complexity index is 569. The largest absolute Gasteiger partial charge is 0.478 e. The van der Waals surface area contributed by atoms with E-state index in [1.165, 1.54) is 22.6 Å². The molecule has 0 radical (unpaired) electrons. The lowest BCUT2D eigenvalue weighted by atomic mass is 10.3. The fraction of sp³-hybridized carbons (Fsp3) is 0.455. The molecular weight excluding hydrogens is 272 g/mol. The summed E-state index contributed by atoms with van der Waals surface area (Å²) in [4.78, 5) is 14.5. The third kappa shape index (κ3) is 3.42. The Hall–Kier alpha value is -1.67. The SMILES string of the molecule is CS(=O)(=O)N1CC[C@H](Oc2ccc(C(=O)O)cn2)C1. The van der Waals surface area contributed by atoms with Crippen molar-refractivity contribution in [1.82, 2.24) is 9.29 Å². The summed E-state index contributed by atoms with van der Waals surface area (Å²) in [5.41, 5.74) is 0.0801. The van der Waals surface area contributed by atoms with Crippen molar-refractivity contribution in [3.8, 4) is 5.88 Å². The van der Waals surface area contributed by atoms with Crippen molar-refractivity contribution in [2.45, 2.75) is 12.5 Å². The van der Waals surface area contributed by atoms with E-state index in [0.29, 0.717) is 25.4 Å². The van der Waals surface area contributed by atoms with Gasteiger partial charge in [-0.2, -0.15) is 4.31 Å². The number of hydrogen-bond acceptors (Lipinski definition) is 5. The molecule has 1 atom stereocenters. The second kappa shape index (κ2) is 5.14. The van der Waals surface area contributed by atoms with Crippen LogP contribution in [0.15, 0.2) is 18.3 Å². The van der Waals surface area contributed by atoms with Gasteiger partial charge in [0.15, 0.2) is 0 Å². The Balaban J connectivity index is 1.98. The minimum Gasteiger partial charge on any atom is -0.478 e. The number of carbonyl (C=O) groups is 1. The number of aromatic carboxylic acids is 1. The van der Waals surface area contributed by atoms with Crippen molar-refractivity contribution >= 4 is 16.0 Å². The van der Waals surface area contributed by atoms with E-state index >= 15 is 0 Å².